The van der Waals surface area contributed by atoms with Crippen molar-refractivity contribution in [1.82, 2.24) is 0 Å². The van der Waals surface area contributed by atoms with Gasteiger partial charge < -0.3 is 0 Å². The van der Waals surface area contributed by atoms with Crippen LogP contribution in [-0.2, 0) is 4.79 Å². The van der Waals surface area contributed by atoms with Crippen LogP contribution >= 0.6 is 0 Å². The Morgan fingerprint density at radius 1 is 0.810 bits per heavy atom. The van der Waals surface area contributed by atoms with Gasteiger partial charge in [-0.25, -0.2) is 0 Å². The summed E-state index contributed by atoms with van der Waals surface area (Å²) in [6, 6.07) is 0. The highest BCUT2D eigenvalue weighted by atomic mass is 16.1. The van der Waals surface area contributed by atoms with Crippen LogP contribution in [0.3, 0.4) is 0 Å². The Bertz CT molecular complexity index is 388. The predicted molar refractivity (Wildman–Crippen MR) is 85.9 cm³/mol. The van der Waals surface area contributed by atoms with Crippen molar-refractivity contribution in [3.05, 3.63) is 0 Å². The summed E-state index contributed by atoms with van der Waals surface area (Å²) in [5.74, 6) is 6.38. The number of carbonyl (C=O) groups excluding carboxylic acids is 1. The highest BCUT2D eigenvalue weighted by Crippen LogP contribution is 2.68. The monoisotopic (exact) mass is 288 g/mol. The molecule has 0 aromatic heterocycles. The zero-order valence-electron chi connectivity index (χ0n) is 13.9. The minimum absolute atomic E-state index is 0.549. The van der Waals surface area contributed by atoms with Gasteiger partial charge in [-0.05, 0) is 79.4 Å². The molecule has 6 atom stereocenters. The third-order valence-corrected chi connectivity index (χ3v) is 8.10. The number of fused-ring (bicyclic) bond motifs is 5. The molecule has 0 aromatic rings. The van der Waals surface area contributed by atoms with Crippen LogP contribution < -0.4 is 0 Å². The van der Waals surface area contributed by atoms with E-state index in [0.717, 1.165) is 48.3 Å². The molecule has 21 heavy (non-hydrogen) atoms. The number of hydrogen-bond donors (Lipinski definition) is 0. The Morgan fingerprint density at radius 3 is 1.76 bits per heavy atom. The van der Waals surface area contributed by atoms with Crippen molar-refractivity contribution in [1.29, 1.82) is 0 Å². The number of Topliss-reactive ketones (excluding diaryl/α,β-unsaturated/α-hetero) is 1. The topological polar surface area (TPSA) is 17.1 Å². The zero-order chi connectivity index (χ0) is 14.6. The van der Waals surface area contributed by atoms with Gasteiger partial charge in [-0.15, -0.1) is 0 Å². The minimum atomic E-state index is 0.549. The summed E-state index contributed by atoms with van der Waals surface area (Å²) in [6.45, 7) is 4.95. The van der Waals surface area contributed by atoms with Gasteiger partial charge in [0.2, 0.25) is 0 Å². The van der Waals surface area contributed by atoms with Gasteiger partial charge in [0.15, 0.2) is 0 Å². The number of hydrogen-bond acceptors (Lipinski definition) is 1. The average Bonchev–Trinajstić information content (AvgIpc) is 2.72. The van der Waals surface area contributed by atoms with Gasteiger partial charge in [0.1, 0.15) is 5.78 Å². The standard InChI is InChI=1S/C20H32O/c1-13-3-5-16-17-6-4-14(2)12-19(17)20(18(16)11-13)9-7-15(21)8-10-20/h13-14,16-19H,3-12H2,1-2H3. The van der Waals surface area contributed by atoms with Gasteiger partial charge >= 0.3 is 0 Å². The Balaban J connectivity index is 1.69. The summed E-state index contributed by atoms with van der Waals surface area (Å²) in [5.41, 5.74) is 0.576. The molecule has 0 saturated heterocycles. The molecule has 4 aliphatic carbocycles. The van der Waals surface area contributed by atoms with Crippen LogP contribution in [0.1, 0.15) is 78.1 Å². The minimum Gasteiger partial charge on any atom is -0.300 e. The lowest BCUT2D eigenvalue weighted by atomic mass is 9.57. The summed E-state index contributed by atoms with van der Waals surface area (Å²) in [7, 11) is 0. The van der Waals surface area contributed by atoms with Crippen LogP contribution in [0.2, 0.25) is 0 Å². The smallest absolute Gasteiger partial charge is 0.132 e. The molecular weight excluding hydrogens is 256 g/mol. The predicted octanol–water partition coefficient (Wildman–Crippen LogP) is 5.23. The molecule has 0 amide bonds. The maximum absolute atomic E-state index is 11.9. The van der Waals surface area contributed by atoms with E-state index in [1.807, 2.05) is 0 Å². The summed E-state index contributed by atoms with van der Waals surface area (Å²) in [4.78, 5) is 11.9. The van der Waals surface area contributed by atoms with Crippen LogP contribution in [0.15, 0.2) is 0 Å². The first-order valence-corrected chi connectivity index (χ1v) is 9.62. The second-order valence-corrected chi connectivity index (χ2v) is 9.15. The van der Waals surface area contributed by atoms with Crippen LogP contribution in [0.5, 0.6) is 0 Å². The Kier molecular flexibility index (Phi) is 3.47. The summed E-state index contributed by atoms with van der Waals surface area (Å²) in [6.07, 6.45) is 13.2. The van der Waals surface area contributed by atoms with Crippen molar-refractivity contribution >= 4 is 5.78 Å². The van der Waals surface area contributed by atoms with Gasteiger partial charge in [-0.1, -0.05) is 26.7 Å². The van der Waals surface area contributed by atoms with Crippen molar-refractivity contribution in [2.75, 3.05) is 0 Å². The van der Waals surface area contributed by atoms with Gasteiger partial charge in [-0.3, -0.25) is 4.79 Å². The maximum atomic E-state index is 11.9. The Hall–Kier alpha value is -0.330. The number of carbonyl (C=O) groups is 1. The van der Waals surface area contributed by atoms with Crippen LogP contribution in [0.25, 0.3) is 0 Å². The third-order valence-electron chi connectivity index (χ3n) is 8.10. The van der Waals surface area contributed by atoms with E-state index in [1.165, 1.54) is 51.4 Å². The molecule has 4 fully saturated rings. The average molecular weight is 288 g/mol. The molecule has 0 N–H and O–H groups in total. The highest BCUT2D eigenvalue weighted by molar-refractivity contribution is 5.79. The molecule has 4 saturated carbocycles. The second kappa shape index (κ2) is 5.10. The van der Waals surface area contributed by atoms with E-state index in [9.17, 15) is 4.79 Å². The highest BCUT2D eigenvalue weighted by Gasteiger charge is 2.61. The maximum Gasteiger partial charge on any atom is 0.132 e. The fraction of sp³-hybridized carbons (Fsp3) is 0.950. The van der Waals surface area contributed by atoms with Crippen molar-refractivity contribution in [2.24, 2.45) is 40.9 Å². The van der Waals surface area contributed by atoms with Gasteiger partial charge in [0.25, 0.3) is 0 Å². The first-order chi connectivity index (χ1) is 10.1. The number of rotatable bonds is 0. The lowest BCUT2D eigenvalue weighted by Crippen LogP contribution is -2.40. The van der Waals surface area contributed by atoms with E-state index in [0.29, 0.717) is 11.2 Å². The molecule has 4 rings (SSSR count). The Morgan fingerprint density at radius 2 is 1.29 bits per heavy atom. The van der Waals surface area contributed by atoms with E-state index < -0.39 is 0 Å². The van der Waals surface area contributed by atoms with E-state index in [4.69, 9.17) is 0 Å². The molecule has 0 aromatic carbocycles. The fourth-order valence-corrected chi connectivity index (χ4v) is 7.17. The van der Waals surface area contributed by atoms with E-state index in [-0.39, 0.29) is 0 Å². The molecule has 0 heterocycles. The van der Waals surface area contributed by atoms with E-state index in [2.05, 4.69) is 13.8 Å². The SMILES string of the molecule is CC1CCC2C3CCC(C)CC3C3(CCC(=O)CC3)C2C1. The summed E-state index contributed by atoms with van der Waals surface area (Å²) in [5, 5.41) is 0. The van der Waals surface area contributed by atoms with Crippen molar-refractivity contribution in [2.45, 2.75) is 78.1 Å². The Labute approximate surface area is 130 Å². The first kappa shape index (κ1) is 14.3. The van der Waals surface area contributed by atoms with Gasteiger partial charge in [0.05, 0.1) is 0 Å². The molecule has 118 valence electrons. The molecule has 4 aliphatic rings. The quantitative estimate of drug-likeness (QED) is 0.596. The molecule has 1 spiro atoms. The van der Waals surface area contributed by atoms with Crippen molar-refractivity contribution < 1.29 is 4.79 Å². The van der Waals surface area contributed by atoms with Crippen molar-refractivity contribution in [3.63, 3.8) is 0 Å². The van der Waals surface area contributed by atoms with E-state index in [1.54, 1.807) is 0 Å². The van der Waals surface area contributed by atoms with Gasteiger partial charge in [0, 0.05) is 12.8 Å². The van der Waals surface area contributed by atoms with Crippen LogP contribution in [0.4, 0.5) is 0 Å². The molecule has 1 nitrogen and oxygen atoms in total. The summed E-state index contributed by atoms with van der Waals surface area (Å²) >= 11 is 0. The number of ketones is 1. The van der Waals surface area contributed by atoms with Gasteiger partial charge in [-0.2, -0.15) is 0 Å². The molecule has 1 heteroatoms. The first-order valence-electron chi connectivity index (χ1n) is 9.62. The molecule has 0 aliphatic heterocycles. The zero-order valence-corrected chi connectivity index (χ0v) is 13.9. The van der Waals surface area contributed by atoms with E-state index >= 15 is 0 Å². The molecular formula is C20H32O. The molecule has 0 bridgehead atoms. The molecule has 6 unspecified atom stereocenters. The largest absolute Gasteiger partial charge is 0.300 e. The van der Waals surface area contributed by atoms with Crippen LogP contribution in [0, 0.1) is 40.9 Å². The summed E-state index contributed by atoms with van der Waals surface area (Å²) < 4.78 is 0. The lowest BCUT2D eigenvalue weighted by molar-refractivity contribution is -0.124. The fourth-order valence-electron chi connectivity index (χ4n) is 7.17. The normalized spacial score (nSPS) is 49.0. The molecule has 0 radical (unpaired) electrons. The van der Waals surface area contributed by atoms with Crippen molar-refractivity contribution in [3.8, 4) is 0 Å². The lowest BCUT2D eigenvalue weighted by Gasteiger charge is -2.47. The second-order valence-electron chi connectivity index (χ2n) is 9.15. The third kappa shape index (κ3) is 2.13. The van der Waals surface area contributed by atoms with Crippen LogP contribution in [-0.4, -0.2) is 5.78 Å².